The number of aryl methyl sites for hydroxylation is 1. The molecule has 0 aliphatic rings. The molecule has 5 rings (SSSR count). The molecule has 0 fully saturated rings. The Balaban J connectivity index is 1.36. The molecule has 152 valence electrons. The summed E-state index contributed by atoms with van der Waals surface area (Å²) in [7, 11) is 0. The number of hydrogen-bond acceptors (Lipinski definition) is 4. The molecule has 0 radical (unpaired) electrons. The lowest BCUT2D eigenvalue weighted by Gasteiger charge is -2.08. The quantitative estimate of drug-likeness (QED) is 0.360. The molecular weight excluding hydrogens is 384 g/mol. The molecule has 2 aromatic carbocycles. The van der Waals surface area contributed by atoms with Gasteiger partial charge in [0, 0.05) is 41.6 Å². The van der Waals surface area contributed by atoms with Crippen molar-refractivity contribution < 1.29 is 4.74 Å². The smallest absolute Gasteiger partial charge is 0.130 e. The van der Waals surface area contributed by atoms with Gasteiger partial charge in [-0.25, -0.2) is 4.98 Å². The fraction of sp³-hybridized carbons (Fsp3) is 0.115. The first kappa shape index (κ1) is 19.0. The maximum absolute atomic E-state index is 5.98. The van der Waals surface area contributed by atoms with E-state index in [1.54, 1.807) is 12.4 Å². The van der Waals surface area contributed by atoms with Crippen LogP contribution in [0.5, 0.6) is 5.75 Å². The van der Waals surface area contributed by atoms with Crippen molar-refractivity contribution in [1.82, 2.24) is 19.7 Å². The van der Waals surface area contributed by atoms with Crippen LogP contribution < -0.4 is 4.74 Å². The SMILES string of the molecule is CCn1cc(-c2ccncc2)c(-c2ccc(OCc3ccc4ccccc4n3)cc2)n1. The molecule has 5 aromatic rings. The third kappa shape index (κ3) is 4.03. The molecular formula is C26H22N4O. The maximum atomic E-state index is 5.98. The highest BCUT2D eigenvalue weighted by molar-refractivity contribution is 5.80. The van der Waals surface area contributed by atoms with Gasteiger partial charge in [0.15, 0.2) is 0 Å². The van der Waals surface area contributed by atoms with Gasteiger partial charge in [-0.3, -0.25) is 9.67 Å². The number of pyridine rings is 2. The second-order valence-corrected chi connectivity index (χ2v) is 7.29. The van der Waals surface area contributed by atoms with E-state index >= 15 is 0 Å². The van der Waals surface area contributed by atoms with Crippen LogP contribution in [-0.2, 0) is 13.2 Å². The lowest BCUT2D eigenvalue weighted by molar-refractivity contribution is 0.302. The average molecular weight is 406 g/mol. The summed E-state index contributed by atoms with van der Waals surface area (Å²) >= 11 is 0. The highest BCUT2D eigenvalue weighted by atomic mass is 16.5. The monoisotopic (exact) mass is 406 g/mol. The maximum Gasteiger partial charge on any atom is 0.130 e. The van der Waals surface area contributed by atoms with E-state index in [9.17, 15) is 0 Å². The summed E-state index contributed by atoms with van der Waals surface area (Å²) in [5.41, 5.74) is 6.09. The number of ether oxygens (including phenoxy) is 1. The predicted octanol–water partition coefficient (Wildman–Crippen LogP) is 5.76. The molecule has 3 heterocycles. The molecule has 5 heteroatoms. The van der Waals surface area contributed by atoms with Gasteiger partial charge < -0.3 is 4.74 Å². The third-order valence-corrected chi connectivity index (χ3v) is 5.25. The Morgan fingerprint density at radius 1 is 0.839 bits per heavy atom. The minimum absolute atomic E-state index is 0.427. The van der Waals surface area contributed by atoms with Crippen molar-refractivity contribution in [2.24, 2.45) is 0 Å². The molecule has 0 spiro atoms. The van der Waals surface area contributed by atoms with Crippen molar-refractivity contribution in [3.63, 3.8) is 0 Å². The number of nitrogens with zero attached hydrogens (tertiary/aromatic N) is 4. The van der Waals surface area contributed by atoms with Crippen molar-refractivity contribution in [1.29, 1.82) is 0 Å². The fourth-order valence-electron chi connectivity index (χ4n) is 3.59. The molecule has 0 N–H and O–H groups in total. The van der Waals surface area contributed by atoms with E-state index in [2.05, 4.69) is 47.4 Å². The van der Waals surface area contributed by atoms with Gasteiger partial charge in [-0.1, -0.05) is 24.3 Å². The summed E-state index contributed by atoms with van der Waals surface area (Å²) in [4.78, 5) is 8.80. The van der Waals surface area contributed by atoms with Gasteiger partial charge in [-0.05, 0) is 61.0 Å². The predicted molar refractivity (Wildman–Crippen MR) is 123 cm³/mol. The Kier molecular flexibility index (Phi) is 5.15. The van der Waals surface area contributed by atoms with Gasteiger partial charge >= 0.3 is 0 Å². The number of benzene rings is 2. The first-order chi connectivity index (χ1) is 15.3. The summed E-state index contributed by atoms with van der Waals surface area (Å²) < 4.78 is 7.94. The van der Waals surface area contributed by atoms with Crippen LogP contribution in [0, 0.1) is 0 Å². The van der Waals surface area contributed by atoms with Crippen LogP contribution in [0.15, 0.2) is 91.4 Å². The van der Waals surface area contributed by atoms with Crippen LogP contribution in [-0.4, -0.2) is 19.7 Å². The first-order valence-corrected chi connectivity index (χ1v) is 10.4. The zero-order valence-corrected chi connectivity index (χ0v) is 17.3. The molecule has 0 aliphatic heterocycles. The molecule has 5 nitrogen and oxygen atoms in total. The second-order valence-electron chi connectivity index (χ2n) is 7.29. The molecule has 0 unspecified atom stereocenters. The Morgan fingerprint density at radius 2 is 1.65 bits per heavy atom. The number of para-hydroxylation sites is 1. The largest absolute Gasteiger partial charge is 0.487 e. The molecule has 3 aromatic heterocycles. The van der Waals surface area contributed by atoms with Crippen LogP contribution in [0.2, 0.25) is 0 Å². The average Bonchev–Trinajstić information content (AvgIpc) is 3.28. The van der Waals surface area contributed by atoms with Crippen LogP contribution >= 0.6 is 0 Å². The molecule has 0 atom stereocenters. The van der Waals surface area contributed by atoms with Crippen LogP contribution in [0.3, 0.4) is 0 Å². The highest BCUT2D eigenvalue weighted by Gasteiger charge is 2.13. The lowest BCUT2D eigenvalue weighted by atomic mass is 10.0. The number of rotatable bonds is 6. The van der Waals surface area contributed by atoms with Crippen LogP contribution in [0.4, 0.5) is 0 Å². The first-order valence-electron chi connectivity index (χ1n) is 10.4. The van der Waals surface area contributed by atoms with Crippen molar-refractivity contribution >= 4 is 10.9 Å². The number of fused-ring (bicyclic) bond motifs is 1. The second kappa shape index (κ2) is 8.40. The van der Waals surface area contributed by atoms with Gasteiger partial charge in [0.1, 0.15) is 18.1 Å². The van der Waals surface area contributed by atoms with Gasteiger partial charge in [0.2, 0.25) is 0 Å². The lowest BCUT2D eigenvalue weighted by Crippen LogP contribution is -1.98. The van der Waals surface area contributed by atoms with E-state index in [1.165, 1.54) is 0 Å². The van der Waals surface area contributed by atoms with Crippen LogP contribution in [0.25, 0.3) is 33.3 Å². The summed E-state index contributed by atoms with van der Waals surface area (Å²) in [5, 5.41) is 5.90. The van der Waals surface area contributed by atoms with E-state index in [0.717, 1.165) is 51.3 Å². The zero-order valence-electron chi connectivity index (χ0n) is 17.3. The van der Waals surface area contributed by atoms with Crippen molar-refractivity contribution in [2.45, 2.75) is 20.1 Å². The molecule has 0 aliphatic carbocycles. The minimum Gasteiger partial charge on any atom is -0.487 e. The number of aromatic nitrogens is 4. The summed E-state index contributed by atoms with van der Waals surface area (Å²) in [5.74, 6) is 0.805. The topological polar surface area (TPSA) is 52.8 Å². The van der Waals surface area contributed by atoms with Gasteiger partial charge in [0.05, 0.1) is 11.2 Å². The van der Waals surface area contributed by atoms with Gasteiger partial charge in [-0.15, -0.1) is 0 Å². The Bertz CT molecular complexity index is 1310. The standard InChI is InChI=1S/C26H22N4O/c1-2-30-17-24(19-13-15-27-16-14-19)26(29-30)21-8-11-23(12-9-21)31-18-22-10-7-20-5-3-4-6-25(20)28-22/h3-17H,2,18H2,1H3. The number of hydrogen-bond donors (Lipinski definition) is 0. The van der Waals surface area contributed by atoms with E-state index in [-0.39, 0.29) is 0 Å². The summed E-state index contributed by atoms with van der Waals surface area (Å²) in [6, 6.07) is 24.3. The molecule has 0 bridgehead atoms. The normalized spacial score (nSPS) is 11.0. The third-order valence-electron chi connectivity index (χ3n) is 5.25. The Morgan fingerprint density at radius 3 is 2.45 bits per heavy atom. The summed E-state index contributed by atoms with van der Waals surface area (Å²) in [6.45, 7) is 3.33. The fourth-order valence-corrected chi connectivity index (χ4v) is 3.59. The van der Waals surface area contributed by atoms with Crippen molar-refractivity contribution in [3.8, 4) is 28.1 Å². The van der Waals surface area contributed by atoms with E-state index in [0.29, 0.717) is 6.61 Å². The molecule has 0 saturated heterocycles. The van der Waals surface area contributed by atoms with Gasteiger partial charge in [-0.2, -0.15) is 5.10 Å². The molecule has 0 amide bonds. The highest BCUT2D eigenvalue weighted by Crippen LogP contribution is 2.31. The van der Waals surface area contributed by atoms with E-state index < -0.39 is 0 Å². The van der Waals surface area contributed by atoms with E-state index in [4.69, 9.17) is 9.84 Å². The molecule has 31 heavy (non-hydrogen) atoms. The van der Waals surface area contributed by atoms with Gasteiger partial charge in [0.25, 0.3) is 0 Å². The molecule has 0 saturated carbocycles. The van der Waals surface area contributed by atoms with Crippen LogP contribution in [0.1, 0.15) is 12.6 Å². The zero-order chi connectivity index (χ0) is 21.0. The Hall–Kier alpha value is -3.99. The summed E-state index contributed by atoms with van der Waals surface area (Å²) in [6.07, 6.45) is 5.70. The Labute approximate surface area is 181 Å². The van der Waals surface area contributed by atoms with Crippen molar-refractivity contribution in [3.05, 3.63) is 97.1 Å². The van der Waals surface area contributed by atoms with E-state index in [1.807, 2.05) is 53.2 Å². The minimum atomic E-state index is 0.427. The van der Waals surface area contributed by atoms with Crippen molar-refractivity contribution in [2.75, 3.05) is 0 Å².